The molecule has 0 aliphatic heterocycles. The molecule has 0 fully saturated rings. The average molecular weight is 308 g/mol. The van der Waals surface area contributed by atoms with E-state index in [2.05, 4.69) is 41.4 Å². The lowest BCUT2D eigenvalue weighted by molar-refractivity contribution is 1.34. The molecule has 2 nitrogen and oxygen atoms in total. The zero-order valence-corrected chi connectivity index (χ0v) is 13.1. The van der Waals surface area contributed by atoms with Gasteiger partial charge in [-0.15, -0.1) is 0 Å². The van der Waals surface area contributed by atoms with Crippen LogP contribution in [0.1, 0.15) is 11.1 Å². The summed E-state index contributed by atoms with van der Waals surface area (Å²) >= 11 is 0. The van der Waals surface area contributed by atoms with Crippen molar-refractivity contribution in [3.8, 4) is 0 Å². The minimum Gasteiger partial charge on any atom is -0.262 e. The molecule has 0 bridgehead atoms. The Kier molecular flexibility index (Phi) is 3.86. The van der Waals surface area contributed by atoms with Crippen LogP contribution in [0, 0.1) is 0 Å². The third kappa shape index (κ3) is 2.82. The minimum absolute atomic E-state index is 0.885. The standard InChI is InChI=1S/C22H16N2/c1-3-9-17(10-4-1)22(18-11-5-2-6-12-18)24-21-16-23-15-19-13-7-8-14-20(19)21/h1-16H. The Bertz CT molecular complexity index is 943. The normalized spacial score (nSPS) is 10.5. The third-order valence-corrected chi connectivity index (χ3v) is 3.97. The smallest absolute Gasteiger partial charge is 0.0898 e. The van der Waals surface area contributed by atoms with Crippen molar-refractivity contribution in [3.05, 3.63) is 108 Å². The molecule has 0 saturated carbocycles. The van der Waals surface area contributed by atoms with Gasteiger partial charge >= 0.3 is 0 Å². The van der Waals surface area contributed by atoms with Gasteiger partial charge in [-0.1, -0.05) is 84.9 Å². The molecular formula is C22H16N2. The Labute approximate surface area is 141 Å². The van der Waals surface area contributed by atoms with Crippen molar-refractivity contribution in [2.45, 2.75) is 0 Å². The molecule has 4 rings (SSSR count). The summed E-state index contributed by atoms with van der Waals surface area (Å²) in [7, 11) is 0. The summed E-state index contributed by atoms with van der Waals surface area (Å²) < 4.78 is 0. The minimum atomic E-state index is 0.885. The number of benzene rings is 3. The molecule has 0 atom stereocenters. The number of hydrogen-bond donors (Lipinski definition) is 0. The first-order chi connectivity index (χ1) is 11.9. The first-order valence-electron chi connectivity index (χ1n) is 7.94. The highest BCUT2D eigenvalue weighted by molar-refractivity contribution is 6.14. The van der Waals surface area contributed by atoms with Gasteiger partial charge < -0.3 is 0 Å². The number of aliphatic imine (C=N–C) groups is 1. The molecule has 4 aromatic rings. The second kappa shape index (κ2) is 6.47. The maximum atomic E-state index is 4.98. The van der Waals surface area contributed by atoms with E-state index in [-0.39, 0.29) is 0 Å². The molecule has 24 heavy (non-hydrogen) atoms. The number of hydrogen-bond acceptors (Lipinski definition) is 2. The first kappa shape index (κ1) is 14.3. The Balaban J connectivity index is 1.95. The van der Waals surface area contributed by atoms with Crippen LogP contribution in [-0.2, 0) is 0 Å². The number of pyridine rings is 1. The zero-order chi connectivity index (χ0) is 16.2. The van der Waals surface area contributed by atoms with E-state index in [1.807, 2.05) is 60.9 Å². The van der Waals surface area contributed by atoms with Gasteiger partial charge in [0.25, 0.3) is 0 Å². The maximum absolute atomic E-state index is 4.98. The molecular weight excluding hydrogens is 292 g/mol. The van der Waals surface area contributed by atoms with Gasteiger partial charge in [-0.3, -0.25) is 4.98 Å². The monoisotopic (exact) mass is 308 g/mol. The van der Waals surface area contributed by atoms with Crippen LogP contribution in [0.25, 0.3) is 10.8 Å². The third-order valence-electron chi connectivity index (χ3n) is 3.97. The molecule has 0 unspecified atom stereocenters. The number of rotatable bonds is 3. The molecule has 2 heteroatoms. The SMILES string of the molecule is c1ccc(C(=Nc2cncc3ccccc23)c2ccccc2)cc1. The lowest BCUT2D eigenvalue weighted by Crippen LogP contribution is -2.02. The summed E-state index contributed by atoms with van der Waals surface area (Å²) in [5.74, 6) is 0. The average Bonchev–Trinajstić information content (AvgIpc) is 2.67. The molecule has 0 aliphatic rings. The second-order valence-electron chi connectivity index (χ2n) is 5.57. The van der Waals surface area contributed by atoms with E-state index in [0.29, 0.717) is 0 Å². The van der Waals surface area contributed by atoms with E-state index in [0.717, 1.165) is 33.3 Å². The van der Waals surface area contributed by atoms with Gasteiger partial charge in [0.1, 0.15) is 0 Å². The lowest BCUT2D eigenvalue weighted by Gasteiger charge is -2.09. The summed E-state index contributed by atoms with van der Waals surface area (Å²) in [4.78, 5) is 9.33. The van der Waals surface area contributed by atoms with Crippen LogP contribution in [0.3, 0.4) is 0 Å². The molecule has 114 valence electrons. The van der Waals surface area contributed by atoms with Gasteiger partial charge in [0, 0.05) is 28.1 Å². The van der Waals surface area contributed by atoms with Crippen molar-refractivity contribution in [1.82, 2.24) is 4.98 Å². The van der Waals surface area contributed by atoms with Gasteiger partial charge in [-0.05, 0) is 0 Å². The summed E-state index contributed by atoms with van der Waals surface area (Å²) in [6.07, 6.45) is 3.70. The summed E-state index contributed by atoms with van der Waals surface area (Å²) in [6.45, 7) is 0. The van der Waals surface area contributed by atoms with Crippen molar-refractivity contribution in [3.63, 3.8) is 0 Å². The van der Waals surface area contributed by atoms with E-state index < -0.39 is 0 Å². The fourth-order valence-corrected chi connectivity index (χ4v) is 2.80. The topological polar surface area (TPSA) is 25.2 Å². The van der Waals surface area contributed by atoms with Crippen LogP contribution in [0.5, 0.6) is 0 Å². The van der Waals surface area contributed by atoms with Crippen LogP contribution >= 0.6 is 0 Å². The van der Waals surface area contributed by atoms with E-state index in [9.17, 15) is 0 Å². The summed E-state index contributed by atoms with van der Waals surface area (Å²) in [5, 5.41) is 2.20. The molecule has 0 amide bonds. The van der Waals surface area contributed by atoms with Crippen molar-refractivity contribution in [1.29, 1.82) is 0 Å². The molecule has 0 saturated heterocycles. The fourth-order valence-electron chi connectivity index (χ4n) is 2.80. The molecule has 0 spiro atoms. The highest BCUT2D eigenvalue weighted by Crippen LogP contribution is 2.26. The van der Waals surface area contributed by atoms with Gasteiger partial charge in [0.2, 0.25) is 0 Å². The molecule has 1 aromatic heterocycles. The summed E-state index contributed by atoms with van der Waals surface area (Å²) in [6, 6.07) is 28.7. The number of aromatic nitrogens is 1. The second-order valence-corrected chi connectivity index (χ2v) is 5.57. The van der Waals surface area contributed by atoms with Crippen molar-refractivity contribution < 1.29 is 0 Å². The molecule has 0 N–H and O–H groups in total. The van der Waals surface area contributed by atoms with Crippen LogP contribution in [0.4, 0.5) is 5.69 Å². The van der Waals surface area contributed by atoms with E-state index in [1.54, 1.807) is 0 Å². The quantitative estimate of drug-likeness (QED) is 0.465. The van der Waals surface area contributed by atoms with E-state index in [1.165, 1.54) is 0 Å². The van der Waals surface area contributed by atoms with Crippen LogP contribution < -0.4 is 0 Å². The van der Waals surface area contributed by atoms with E-state index >= 15 is 0 Å². The van der Waals surface area contributed by atoms with Gasteiger partial charge in [0.15, 0.2) is 0 Å². The zero-order valence-electron chi connectivity index (χ0n) is 13.1. The number of nitrogens with zero attached hydrogens (tertiary/aromatic N) is 2. The predicted octanol–water partition coefficient (Wildman–Crippen LogP) is 5.40. The first-order valence-corrected chi connectivity index (χ1v) is 7.94. The summed E-state index contributed by atoms with van der Waals surface area (Å²) in [5.41, 5.74) is 4.03. The Hall–Kier alpha value is -3.26. The Morgan fingerprint density at radius 1 is 0.625 bits per heavy atom. The van der Waals surface area contributed by atoms with Crippen molar-refractivity contribution >= 4 is 22.2 Å². The number of fused-ring (bicyclic) bond motifs is 1. The Morgan fingerprint density at radius 3 is 1.88 bits per heavy atom. The molecule has 0 aliphatic carbocycles. The van der Waals surface area contributed by atoms with Gasteiger partial charge in [-0.25, -0.2) is 4.99 Å². The van der Waals surface area contributed by atoms with Crippen LogP contribution in [0.15, 0.2) is 102 Å². The fraction of sp³-hybridized carbons (Fsp3) is 0. The van der Waals surface area contributed by atoms with E-state index in [4.69, 9.17) is 4.99 Å². The van der Waals surface area contributed by atoms with Crippen LogP contribution in [-0.4, -0.2) is 10.7 Å². The van der Waals surface area contributed by atoms with Crippen molar-refractivity contribution in [2.75, 3.05) is 0 Å². The highest BCUT2D eigenvalue weighted by Gasteiger charge is 2.08. The maximum Gasteiger partial charge on any atom is 0.0898 e. The van der Waals surface area contributed by atoms with Gasteiger partial charge in [-0.2, -0.15) is 0 Å². The predicted molar refractivity (Wildman–Crippen MR) is 99.9 cm³/mol. The molecule has 1 heterocycles. The molecule has 0 radical (unpaired) electrons. The highest BCUT2D eigenvalue weighted by atomic mass is 14.8. The molecule has 3 aromatic carbocycles. The lowest BCUT2D eigenvalue weighted by atomic mass is 10.0. The van der Waals surface area contributed by atoms with Crippen molar-refractivity contribution in [2.24, 2.45) is 4.99 Å². The largest absolute Gasteiger partial charge is 0.262 e. The van der Waals surface area contributed by atoms with Crippen LogP contribution in [0.2, 0.25) is 0 Å². The van der Waals surface area contributed by atoms with Gasteiger partial charge in [0.05, 0.1) is 17.6 Å². The Morgan fingerprint density at radius 2 is 1.21 bits per heavy atom.